The molecule has 0 atom stereocenters. The first kappa shape index (κ1) is 56.3. The van der Waals surface area contributed by atoms with E-state index in [1.165, 1.54) is 6.08 Å². The summed E-state index contributed by atoms with van der Waals surface area (Å²) in [6.07, 6.45) is 1.22. The number of aliphatic hydroxyl groups is 2. The Labute approximate surface area is 181 Å². The summed E-state index contributed by atoms with van der Waals surface area (Å²) in [7, 11) is -4.26. The highest BCUT2D eigenvalue weighted by Gasteiger charge is 1.99. The average Bonchev–Trinajstić information content (AvgIpc) is 2.81. The molecule has 7 nitrogen and oxygen atoms in total. The average molecular weight is 443 g/mol. The van der Waals surface area contributed by atoms with E-state index >= 15 is 0 Å². The minimum Gasteiger partial charge on any atom is -0.394 e. The standard InChI is InChI=1S/C4H10O.C3H6O4S.C2H6O2.6C2H4/c1-3-5-4-2;1-2-3-7-8(4,5)6;3-1-2-4;6*1-2/h3-4H2,1-2H3;2H,1,3H2,(H,4,5,6);3-4H,1-2H2;6*1-2H2. The molecule has 0 aromatic rings. The number of aliphatic hydroxyl groups excluding tert-OH is 2. The molecule has 0 saturated heterocycles. The molecule has 178 valence electrons. The third-order valence-corrected chi connectivity index (χ3v) is 1.28. The predicted molar refractivity (Wildman–Crippen MR) is 132 cm³/mol. The van der Waals surface area contributed by atoms with E-state index in [-0.39, 0.29) is 19.8 Å². The van der Waals surface area contributed by atoms with E-state index in [0.717, 1.165) is 13.2 Å². The highest BCUT2D eigenvalue weighted by molar-refractivity contribution is 7.80. The molecule has 0 radical (unpaired) electrons. The minimum atomic E-state index is -4.26. The maximum Gasteiger partial charge on any atom is 0.397 e. The van der Waals surface area contributed by atoms with Gasteiger partial charge in [-0.2, -0.15) is 8.42 Å². The number of hydrogen-bond donors (Lipinski definition) is 3. The van der Waals surface area contributed by atoms with E-state index in [0.29, 0.717) is 0 Å². The Hall–Kier alpha value is -2.07. The van der Waals surface area contributed by atoms with E-state index in [9.17, 15) is 8.42 Å². The van der Waals surface area contributed by atoms with Crippen LogP contribution in [0, 0.1) is 0 Å². The summed E-state index contributed by atoms with van der Waals surface area (Å²) in [6, 6.07) is 0. The van der Waals surface area contributed by atoms with Crippen LogP contribution >= 0.6 is 0 Å². The van der Waals surface area contributed by atoms with Crippen LogP contribution in [0.4, 0.5) is 0 Å². The highest BCUT2D eigenvalue weighted by atomic mass is 32.3. The van der Waals surface area contributed by atoms with Crippen LogP contribution in [0.2, 0.25) is 0 Å². The summed E-state index contributed by atoms with van der Waals surface area (Å²) in [6.45, 7) is 44.4. The van der Waals surface area contributed by atoms with Gasteiger partial charge in [-0.1, -0.05) is 6.08 Å². The van der Waals surface area contributed by atoms with E-state index < -0.39 is 10.4 Å². The summed E-state index contributed by atoms with van der Waals surface area (Å²) in [4.78, 5) is 0. The number of hydrogen-bond acceptors (Lipinski definition) is 6. The lowest BCUT2D eigenvalue weighted by atomic mass is 10.7. The summed E-state index contributed by atoms with van der Waals surface area (Å²) >= 11 is 0. The molecular formula is C21H46O7S. The molecule has 0 amide bonds. The summed E-state index contributed by atoms with van der Waals surface area (Å²) in [5.41, 5.74) is 0. The van der Waals surface area contributed by atoms with Crippen molar-refractivity contribution in [1.29, 1.82) is 0 Å². The van der Waals surface area contributed by atoms with Gasteiger partial charge in [0.05, 0.1) is 19.8 Å². The fourth-order valence-electron chi connectivity index (χ4n) is 0.338. The Morgan fingerprint density at radius 3 is 1.00 bits per heavy atom. The monoisotopic (exact) mass is 442 g/mol. The van der Waals surface area contributed by atoms with Crippen LogP contribution in [0.1, 0.15) is 13.8 Å². The van der Waals surface area contributed by atoms with Gasteiger partial charge in [-0.15, -0.1) is 85.5 Å². The highest BCUT2D eigenvalue weighted by Crippen LogP contribution is 1.83. The van der Waals surface area contributed by atoms with Gasteiger partial charge in [-0.05, 0) is 13.8 Å². The third kappa shape index (κ3) is 422. The van der Waals surface area contributed by atoms with E-state index in [2.05, 4.69) is 89.7 Å². The SMILES string of the molecule is C=C.C=C.C=C.C=C.C=C.C=C.C=CCOS(=O)(=O)O.CCOCC.OCCO. The Morgan fingerprint density at radius 2 is 0.966 bits per heavy atom. The van der Waals surface area contributed by atoms with Gasteiger partial charge in [0.25, 0.3) is 0 Å². The fourth-order valence-corrected chi connectivity index (χ4v) is 0.606. The Balaban J connectivity index is -0.0000000241. The molecule has 0 heterocycles. The fraction of sp³-hybridized carbons (Fsp3) is 0.333. The molecule has 0 spiro atoms. The van der Waals surface area contributed by atoms with E-state index in [1.54, 1.807) is 0 Å². The van der Waals surface area contributed by atoms with Gasteiger partial charge >= 0.3 is 10.4 Å². The number of rotatable bonds is 6. The zero-order valence-corrected chi connectivity index (χ0v) is 19.5. The molecule has 0 rings (SSSR count). The van der Waals surface area contributed by atoms with Gasteiger partial charge in [0.1, 0.15) is 0 Å². The molecule has 0 saturated carbocycles. The van der Waals surface area contributed by atoms with Gasteiger partial charge in [-0.25, -0.2) is 4.18 Å². The molecule has 3 N–H and O–H groups in total. The third-order valence-electron chi connectivity index (χ3n) is 0.843. The normalized spacial score (nSPS) is 6.38. The predicted octanol–water partition coefficient (Wildman–Crippen LogP) is 4.82. The molecule has 0 aromatic heterocycles. The summed E-state index contributed by atoms with van der Waals surface area (Å²) < 4.78 is 35.8. The van der Waals surface area contributed by atoms with Crippen molar-refractivity contribution in [3.63, 3.8) is 0 Å². The van der Waals surface area contributed by atoms with Crippen LogP contribution in [-0.2, 0) is 19.3 Å². The molecule has 0 unspecified atom stereocenters. The molecule has 0 fully saturated rings. The second-order valence-electron chi connectivity index (χ2n) is 2.23. The Kier molecular flexibility index (Phi) is 220. The minimum absolute atomic E-state index is 0.125. The Morgan fingerprint density at radius 1 is 0.724 bits per heavy atom. The second kappa shape index (κ2) is 113. The zero-order valence-electron chi connectivity index (χ0n) is 18.7. The molecule has 29 heavy (non-hydrogen) atoms. The molecule has 0 aromatic carbocycles. The van der Waals surface area contributed by atoms with E-state index in [4.69, 9.17) is 19.5 Å². The van der Waals surface area contributed by atoms with Crippen LogP contribution in [0.5, 0.6) is 0 Å². The van der Waals surface area contributed by atoms with Gasteiger partial charge in [0.15, 0.2) is 0 Å². The van der Waals surface area contributed by atoms with Crippen molar-refractivity contribution in [3.8, 4) is 0 Å². The van der Waals surface area contributed by atoms with Crippen molar-refractivity contribution in [2.24, 2.45) is 0 Å². The van der Waals surface area contributed by atoms with E-state index in [1.807, 2.05) is 13.8 Å². The topological polar surface area (TPSA) is 113 Å². The smallest absolute Gasteiger partial charge is 0.394 e. The molecule has 0 aliphatic heterocycles. The van der Waals surface area contributed by atoms with Crippen LogP contribution < -0.4 is 0 Å². The van der Waals surface area contributed by atoms with Crippen LogP contribution in [0.25, 0.3) is 0 Å². The van der Waals surface area contributed by atoms with Crippen molar-refractivity contribution in [3.05, 3.63) is 91.6 Å². The van der Waals surface area contributed by atoms with Gasteiger partial charge in [0.2, 0.25) is 0 Å². The second-order valence-corrected chi connectivity index (χ2v) is 3.32. The molecule has 0 bridgehead atoms. The first-order valence-corrected chi connectivity index (χ1v) is 9.28. The largest absolute Gasteiger partial charge is 0.397 e. The zero-order chi connectivity index (χ0) is 26.2. The summed E-state index contributed by atoms with van der Waals surface area (Å²) in [5.74, 6) is 0. The van der Waals surface area contributed by atoms with Crippen LogP contribution in [0.15, 0.2) is 91.6 Å². The Bertz CT molecular complexity index is 289. The van der Waals surface area contributed by atoms with Gasteiger partial charge in [-0.3, -0.25) is 4.55 Å². The van der Waals surface area contributed by atoms with Crippen molar-refractivity contribution in [1.82, 2.24) is 0 Å². The summed E-state index contributed by atoms with van der Waals surface area (Å²) in [5, 5.41) is 15.2. The van der Waals surface area contributed by atoms with Crippen molar-refractivity contribution < 1.29 is 32.1 Å². The lowest BCUT2D eigenvalue weighted by molar-refractivity contribution is 0.162. The molecular weight excluding hydrogens is 396 g/mol. The van der Waals surface area contributed by atoms with Crippen LogP contribution in [-0.4, -0.2) is 56.2 Å². The first-order chi connectivity index (χ1) is 13.9. The quantitative estimate of drug-likeness (QED) is 0.399. The first-order valence-electron chi connectivity index (χ1n) is 7.91. The molecule has 0 aliphatic carbocycles. The van der Waals surface area contributed by atoms with Gasteiger partial charge in [0, 0.05) is 13.2 Å². The molecule has 0 aliphatic rings. The van der Waals surface area contributed by atoms with Crippen molar-refractivity contribution in [2.75, 3.05) is 33.0 Å². The molecule has 8 heteroatoms. The lowest BCUT2D eigenvalue weighted by Crippen LogP contribution is -2.02. The maximum absolute atomic E-state index is 9.68. The van der Waals surface area contributed by atoms with Gasteiger partial charge < -0.3 is 14.9 Å². The maximum atomic E-state index is 9.68. The number of ether oxygens (including phenoxy) is 1. The lowest BCUT2D eigenvalue weighted by Gasteiger charge is -1.90. The van der Waals surface area contributed by atoms with Crippen molar-refractivity contribution >= 4 is 10.4 Å². The van der Waals surface area contributed by atoms with Crippen LogP contribution in [0.3, 0.4) is 0 Å². The van der Waals surface area contributed by atoms with Crippen molar-refractivity contribution in [2.45, 2.75) is 13.8 Å².